The van der Waals surface area contributed by atoms with Gasteiger partial charge in [-0.3, -0.25) is 9.13 Å². The van der Waals surface area contributed by atoms with E-state index in [4.69, 9.17) is 0 Å². The second kappa shape index (κ2) is 3.55. The molecule has 0 aliphatic carbocycles. The topological polar surface area (TPSA) is 39.0 Å². The fraction of sp³-hybridized carbons (Fsp3) is 0.667. The molecule has 1 aliphatic rings. The molecule has 2 heterocycles. The molecule has 1 aromatic rings. The van der Waals surface area contributed by atoms with Crippen LogP contribution in [0.4, 0.5) is 0 Å². The molecule has 1 N–H and O–H groups in total. The van der Waals surface area contributed by atoms with Crippen molar-refractivity contribution in [2.75, 3.05) is 13.1 Å². The Hall–Kier alpha value is -0.550. The Morgan fingerprint density at radius 1 is 1.43 bits per heavy atom. The zero-order valence-electron chi connectivity index (χ0n) is 8.38. The normalized spacial score (nSPS) is 21.8. The van der Waals surface area contributed by atoms with E-state index in [1.807, 2.05) is 7.05 Å². The van der Waals surface area contributed by atoms with Crippen molar-refractivity contribution in [1.29, 1.82) is 0 Å². The predicted molar refractivity (Wildman–Crippen MR) is 58.6 cm³/mol. The van der Waals surface area contributed by atoms with Crippen molar-refractivity contribution < 1.29 is 0 Å². The third-order valence-corrected chi connectivity index (χ3v) is 3.83. The maximum Gasteiger partial charge on any atom is 0.328 e. The van der Waals surface area contributed by atoms with Crippen LogP contribution < -0.4 is 11.0 Å². The van der Waals surface area contributed by atoms with Crippen LogP contribution in [0.25, 0.3) is 0 Å². The van der Waals surface area contributed by atoms with Gasteiger partial charge in [-0.2, -0.15) is 0 Å². The minimum absolute atomic E-state index is 0.0405. The number of hydrogen-bond acceptors (Lipinski definition) is 2. The summed E-state index contributed by atoms with van der Waals surface area (Å²) in [5.41, 5.74) is 1.15. The number of nitrogens with one attached hydrogen (secondary N) is 1. The predicted octanol–water partition coefficient (Wildman–Crippen LogP) is 0.563. The lowest BCUT2D eigenvalue weighted by Gasteiger charge is -2.09. The summed E-state index contributed by atoms with van der Waals surface area (Å²) in [6.07, 6.45) is 1.11. The summed E-state index contributed by atoms with van der Waals surface area (Å²) >= 11 is 3.48. The SMILES string of the molecule is Cn1c(Br)c(C2CCNC2)n(C)c1=O. The van der Waals surface area contributed by atoms with Crippen LogP contribution in [0.5, 0.6) is 0 Å². The van der Waals surface area contributed by atoms with Crippen molar-refractivity contribution in [2.45, 2.75) is 12.3 Å². The molecule has 2 rings (SSSR count). The number of rotatable bonds is 1. The van der Waals surface area contributed by atoms with Crippen LogP contribution >= 0.6 is 15.9 Å². The van der Waals surface area contributed by atoms with Crippen molar-refractivity contribution in [1.82, 2.24) is 14.5 Å². The summed E-state index contributed by atoms with van der Waals surface area (Å²) in [5.74, 6) is 0.461. The first-order valence-corrected chi connectivity index (χ1v) is 5.54. The van der Waals surface area contributed by atoms with E-state index in [1.165, 1.54) is 0 Å². The van der Waals surface area contributed by atoms with E-state index in [9.17, 15) is 4.79 Å². The molecule has 14 heavy (non-hydrogen) atoms. The lowest BCUT2D eigenvalue weighted by molar-refractivity contribution is 0.670. The Labute approximate surface area is 91.0 Å². The molecule has 0 radical (unpaired) electrons. The summed E-state index contributed by atoms with van der Waals surface area (Å²) in [5, 5.41) is 3.31. The summed E-state index contributed by atoms with van der Waals surface area (Å²) in [4.78, 5) is 11.6. The Kier molecular flexibility index (Phi) is 2.53. The quantitative estimate of drug-likeness (QED) is 0.801. The Bertz CT molecular complexity index is 401. The average molecular weight is 260 g/mol. The number of aromatic nitrogens is 2. The molecule has 0 saturated carbocycles. The highest BCUT2D eigenvalue weighted by Crippen LogP contribution is 2.27. The van der Waals surface area contributed by atoms with Gasteiger partial charge in [-0.1, -0.05) is 0 Å². The minimum atomic E-state index is 0.0405. The van der Waals surface area contributed by atoms with Gasteiger partial charge in [0.15, 0.2) is 0 Å². The third kappa shape index (κ3) is 1.35. The fourth-order valence-electron chi connectivity index (χ4n) is 2.05. The molecule has 5 heteroatoms. The monoisotopic (exact) mass is 259 g/mol. The standard InChI is InChI=1S/C9H14BrN3O/c1-12-7(6-3-4-11-5-6)8(10)13(2)9(12)14/h6,11H,3-5H2,1-2H3. The second-order valence-corrected chi connectivity index (χ2v) is 4.52. The Balaban J connectivity index is 2.51. The van der Waals surface area contributed by atoms with Gasteiger partial charge in [-0.05, 0) is 28.9 Å². The first-order valence-electron chi connectivity index (χ1n) is 4.74. The zero-order valence-corrected chi connectivity index (χ0v) is 9.97. The largest absolute Gasteiger partial charge is 0.328 e. The van der Waals surface area contributed by atoms with E-state index >= 15 is 0 Å². The molecule has 1 aromatic heterocycles. The van der Waals surface area contributed by atoms with E-state index < -0.39 is 0 Å². The van der Waals surface area contributed by atoms with Gasteiger partial charge in [0.2, 0.25) is 0 Å². The van der Waals surface area contributed by atoms with Crippen LogP contribution in [0.15, 0.2) is 9.40 Å². The lowest BCUT2D eigenvalue weighted by atomic mass is 10.1. The number of halogens is 1. The third-order valence-electron chi connectivity index (χ3n) is 2.89. The highest BCUT2D eigenvalue weighted by Gasteiger charge is 2.24. The Morgan fingerprint density at radius 2 is 2.14 bits per heavy atom. The average Bonchev–Trinajstić information content (AvgIpc) is 2.73. The molecular weight excluding hydrogens is 246 g/mol. The van der Waals surface area contributed by atoms with Gasteiger partial charge in [-0.25, -0.2) is 4.79 Å². The molecule has 78 valence electrons. The summed E-state index contributed by atoms with van der Waals surface area (Å²) in [6.45, 7) is 2.01. The van der Waals surface area contributed by atoms with E-state index in [2.05, 4.69) is 21.2 Å². The summed E-state index contributed by atoms with van der Waals surface area (Å²) in [7, 11) is 3.62. The molecule has 1 aliphatic heterocycles. The van der Waals surface area contributed by atoms with Crippen LogP contribution in [0.3, 0.4) is 0 Å². The summed E-state index contributed by atoms with van der Waals surface area (Å²) < 4.78 is 4.30. The molecule has 1 unspecified atom stereocenters. The van der Waals surface area contributed by atoms with Crippen LogP contribution in [-0.4, -0.2) is 22.2 Å². The second-order valence-electron chi connectivity index (χ2n) is 3.77. The number of nitrogens with zero attached hydrogens (tertiary/aromatic N) is 2. The molecule has 1 saturated heterocycles. The van der Waals surface area contributed by atoms with Gasteiger partial charge >= 0.3 is 5.69 Å². The number of hydrogen-bond donors (Lipinski definition) is 1. The zero-order chi connectivity index (χ0) is 10.3. The van der Waals surface area contributed by atoms with E-state index in [1.54, 1.807) is 16.2 Å². The van der Waals surface area contributed by atoms with Crippen molar-refractivity contribution in [2.24, 2.45) is 14.1 Å². The van der Waals surface area contributed by atoms with Gasteiger partial charge in [0.25, 0.3) is 0 Å². The van der Waals surface area contributed by atoms with Gasteiger partial charge in [0.1, 0.15) is 4.60 Å². The van der Waals surface area contributed by atoms with E-state index in [0.29, 0.717) is 5.92 Å². The fourth-order valence-corrected chi connectivity index (χ4v) is 2.79. The highest BCUT2D eigenvalue weighted by atomic mass is 79.9. The van der Waals surface area contributed by atoms with Crippen LogP contribution in [0.2, 0.25) is 0 Å². The van der Waals surface area contributed by atoms with Crippen molar-refractivity contribution >= 4 is 15.9 Å². The lowest BCUT2D eigenvalue weighted by Crippen LogP contribution is -2.21. The van der Waals surface area contributed by atoms with Gasteiger partial charge in [0, 0.05) is 26.6 Å². The number of imidazole rings is 1. The maximum atomic E-state index is 11.6. The summed E-state index contributed by atoms with van der Waals surface area (Å²) in [6, 6.07) is 0. The van der Waals surface area contributed by atoms with Crippen LogP contribution in [0, 0.1) is 0 Å². The molecule has 0 amide bonds. The smallest absolute Gasteiger partial charge is 0.316 e. The van der Waals surface area contributed by atoms with Gasteiger partial charge in [-0.15, -0.1) is 0 Å². The van der Waals surface area contributed by atoms with Crippen molar-refractivity contribution in [3.05, 3.63) is 20.8 Å². The first-order chi connectivity index (χ1) is 6.63. The molecule has 1 atom stereocenters. The molecule has 0 aromatic carbocycles. The van der Waals surface area contributed by atoms with Gasteiger partial charge in [0.05, 0.1) is 5.69 Å². The van der Waals surface area contributed by atoms with Gasteiger partial charge < -0.3 is 5.32 Å². The minimum Gasteiger partial charge on any atom is -0.316 e. The molecule has 0 bridgehead atoms. The molecule has 0 spiro atoms. The van der Waals surface area contributed by atoms with E-state index in [-0.39, 0.29) is 5.69 Å². The molecule has 1 fully saturated rings. The molecular formula is C9H14BrN3O. The van der Waals surface area contributed by atoms with E-state index in [0.717, 1.165) is 29.8 Å². The molecule has 4 nitrogen and oxygen atoms in total. The van der Waals surface area contributed by atoms with Crippen molar-refractivity contribution in [3.63, 3.8) is 0 Å². The highest BCUT2D eigenvalue weighted by molar-refractivity contribution is 9.10. The maximum absolute atomic E-state index is 11.6. The van der Waals surface area contributed by atoms with Crippen molar-refractivity contribution in [3.8, 4) is 0 Å². The van der Waals surface area contributed by atoms with Crippen LogP contribution in [0.1, 0.15) is 18.0 Å². The Morgan fingerprint density at radius 3 is 2.57 bits per heavy atom. The first kappa shape index (κ1) is 9.98. The van der Waals surface area contributed by atoms with Crippen LogP contribution in [-0.2, 0) is 14.1 Å².